The quantitative estimate of drug-likeness (QED) is 0.728. The molecule has 2 heterocycles. The topological polar surface area (TPSA) is 46.4 Å². The minimum atomic E-state index is -0.0582. The number of anilines is 1. The Hall–Kier alpha value is -2.40. The number of fused-ring (bicyclic) bond motifs is 1. The summed E-state index contributed by atoms with van der Waals surface area (Å²) >= 11 is 1.61. The molecule has 1 aromatic carbocycles. The molecule has 4 nitrogen and oxygen atoms in total. The summed E-state index contributed by atoms with van der Waals surface area (Å²) in [4.78, 5) is 17.5. The van der Waals surface area contributed by atoms with Crippen molar-refractivity contribution in [2.75, 3.05) is 5.32 Å². The van der Waals surface area contributed by atoms with Gasteiger partial charge in [-0.15, -0.1) is 11.3 Å². The Morgan fingerprint density at radius 2 is 2.14 bits per heavy atom. The molecule has 112 valence electrons. The van der Waals surface area contributed by atoms with E-state index in [0.29, 0.717) is 0 Å². The van der Waals surface area contributed by atoms with E-state index in [2.05, 4.69) is 10.3 Å². The van der Waals surface area contributed by atoms with E-state index in [1.807, 2.05) is 66.4 Å². The van der Waals surface area contributed by atoms with Crippen LogP contribution in [0.1, 0.15) is 20.3 Å². The zero-order valence-electron chi connectivity index (χ0n) is 12.5. The lowest BCUT2D eigenvalue weighted by Crippen LogP contribution is -2.12. The molecule has 1 N–H and O–H groups in total. The predicted octanol–water partition coefficient (Wildman–Crippen LogP) is 4.36. The van der Waals surface area contributed by atoms with Gasteiger partial charge in [0, 0.05) is 34.6 Å². The van der Waals surface area contributed by atoms with Crippen molar-refractivity contribution in [3.8, 4) is 11.3 Å². The van der Waals surface area contributed by atoms with Crippen LogP contribution in [0.15, 0.2) is 53.7 Å². The van der Waals surface area contributed by atoms with Gasteiger partial charge in [-0.1, -0.05) is 25.1 Å². The van der Waals surface area contributed by atoms with Crippen molar-refractivity contribution >= 4 is 27.9 Å². The van der Waals surface area contributed by atoms with Crippen LogP contribution in [0, 0.1) is 0 Å². The van der Waals surface area contributed by atoms with Crippen LogP contribution in [0.25, 0.3) is 16.2 Å². The molecule has 0 saturated carbocycles. The van der Waals surface area contributed by atoms with Crippen LogP contribution in [-0.2, 0) is 4.79 Å². The van der Waals surface area contributed by atoms with Gasteiger partial charge in [-0.2, -0.15) is 0 Å². The van der Waals surface area contributed by atoms with Gasteiger partial charge in [0.25, 0.3) is 5.91 Å². The first-order valence-electron chi connectivity index (χ1n) is 7.18. The highest BCUT2D eigenvalue weighted by Crippen LogP contribution is 2.23. The molecule has 0 aliphatic heterocycles. The van der Waals surface area contributed by atoms with Gasteiger partial charge in [-0.25, -0.2) is 4.98 Å². The van der Waals surface area contributed by atoms with E-state index in [9.17, 15) is 4.79 Å². The Morgan fingerprint density at radius 3 is 2.82 bits per heavy atom. The number of amides is 1. The maximum Gasteiger partial charge on any atom is 0.250 e. The van der Waals surface area contributed by atoms with E-state index in [0.717, 1.165) is 33.9 Å². The number of carbonyl (C=O) groups is 1. The summed E-state index contributed by atoms with van der Waals surface area (Å²) in [5.74, 6) is -0.0582. The third-order valence-electron chi connectivity index (χ3n) is 3.40. The monoisotopic (exact) mass is 311 g/mol. The number of imidazole rings is 1. The van der Waals surface area contributed by atoms with Crippen molar-refractivity contribution in [1.82, 2.24) is 9.38 Å². The number of allylic oxidation sites excluding steroid dienone is 1. The number of thiazole rings is 1. The number of benzene rings is 1. The smallest absolute Gasteiger partial charge is 0.250 e. The van der Waals surface area contributed by atoms with Gasteiger partial charge in [0.1, 0.15) is 0 Å². The number of rotatable bonds is 4. The molecule has 5 heteroatoms. The van der Waals surface area contributed by atoms with Crippen molar-refractivity contribution in [3.63, 3.8) is 0 Å². The molecule has 0 saturated heterocycles. The van der Waals surface area contributed by atoms with Crippen LogP contribution < -0.4 is 5.32 Å². The Labute approximate surface area is 133 Å². The van der Waals surface area contributed by atoms with Crippen LogP contribution in [-0.4, -0.2) is 15.3 Å². The van der Waals surface area contributed by atoms with Gasteiger partial charge in [0.2, 0.25) is 0 Å². The van der Waals surface area contributed by atoms with Crippen molar-refractivity contribution in [2.45, 2.75) is 20.3 Å². The van der Waals surface area contributed by atoms with Gasteiger partial charge in [-0.05, 0) is 25.5 Å². The zero-order chi connectivity index (χ0) is 15.5. The van der Waals surface area contributed by atoms with Crippen LogP contribution in [0.3, 0.4) is 0 Å². The summed E-state index contributed by atoms with van der Waals surface area (Å²) in [6, 6.07) is 7.75. The molecule has 0 radical (unpaired) electrons. The standard InChI is InChI=1S/C17H17N3OS/c1-3-4-12(2)16(21)18-14-7-5-13(6-8-14)15-11-20-9-10-22-17(20)19-15/h4-11H,3H2,1-2H3,(H,18,21)/b12-4+. The average molecular weight is 311 g/mol. The van der Waals surface area contributed by atoms with E-state index in [-0.39, 0.29) is 5.91 Å². The van der Waals surface area contributed by atoms with Crippen molar-refractivity contribution < 1.29 is 4.79 Å². The van der Waals surface area contributed by atoms with Crippen molar-refractivity contribution in [1.29, 1.82) is 0 Å². The fraction of sp³-hybridized carbons (Fsp3) is 0.176. The summed E-state index contributed by atoms with van der Waals surface area (Å²) in [5, 5.41) is 4.91. The highest BCUT2D eigenvalue weighted by atomic mass is 32.1. The highest BCUT2D eigenvalue weighted by molar-refractivity contribution is 7.15. The predicted molar refractivity (Wildman–Crippen MR) is 91.2 cm³/mol. The summed E-state index contributed by atoms with van der Waals surface area (Å²) in [7, 11) is 0. The lowest BCUT2D eigenvalue weighted by atomic mass is 10.1. The molecule has 0 unspecified atom stereocenters. The first-order valence-corrected chi connectivity index (χ1v) is 8.06. The molecule has 0 bridgehead atoms. The van der Waals surface area contributed by atoms with Gasteiger partial charge in [0.15, 0.2) is 4.96 Å². The van der Waals surface area contributed by atoms with Crippen LogP contribution in [0.2, 0.25) is 0 Å². The summed E-state index contributed by atoms with van der Waals surface area (Å²) in [5.41, 5.74) is 3.50. The Morgan fingerprint density at radius 1 is 1.36 bits per heavy atom. The highest BCUT2D eigenvalue weighted by Gasteiger charge is 2.07. The van der Waals surface area contributed by atoms with Gasteiger partial charge < -0.3 is 5.32 Å². The van der Waals surface area contributed by atoms with Crippen LogP contribution >= 0.6 is 11.3 Å². The maximum absolute atomic E-state index is 11.9. The maximum atomic E-state index is 11.9. The van der Waals surface area contributed by atoms with Gasteiger partial charge >= 0.3 is 0 Å². The number of nitrogens with zero attached hydrogens (tertiary/aromatic N) is 2. The molecule has 2 aromatic heterocycles. The number of carbonyl (C=O) groups excluding carboxylic acids is 1. The van der Waals surface area contributed by atoms with E-state index in [1.165, 1.54) is 0 Å². The molecular weight excluding hydrogens is 294 g/mol. The number of aromatic nitrogens is 2. The van der Waals surface area contributed by atoms with Crippen LogP contribution in [0.4, 0.5) is 5.69 Å². The Bertz CT molecular complexity index is 799. The second-order valence-corrected chi connectivity index (χ2v) is 5.92. The lowest BCUT2D eigenvalue weighted by Gasteiger charge is -2.06. The lowest BCUT2D eigenvalue weighted by molar-refractivity contribution is -0.112. The second kappa shape index (κ2) is 6.15. The molecule has 3 aromatic rings. The molecule has 0 atom stereocenters. The Balaban J connectivity index is 1.76. The number of hydrogen-bond acceptors (Lipinski definition) is 3. The van der Waals surface area contributed by atoms with Crippen molar-refractivity contribution in [2.24, 2.45) is 0 Å². The molecule has 0 aliphatic carbocycles. The summed E-state index contributed by atoms with van der Waals surface area (Å²) < 4.78 is 2.01. The minimum Gasteiger partial charge on any atom is -0.322 e. The fourth-order valence-corrected chi connectivity index (χ4v) is 2.92. The van der Waals surface area contributed by atoms with E-state index in [4.69, 9.17) is 0 Å². The summed E-state index contributed by atoms with van der Waals surface area (Å²) in [6.45, 7) is 3.84. The molecule has 0 aliphatic rings. The third-order valence-corrected chi connectivity index (χ3v) is 4.17. The largest absolute Gasteiger partial charge is 0.322 e. The van der Waals surface area contributed by atoms with Crippen molar-refractivity contribution in [3.05, 3.63) is 53.7 Å². The van der Waals surface area contributed by atoms with Crippen LogP contribution in [0.5, 0.6) is 0 Å². The van der Waals surface area contributed by atoms with E-state index < -0.39 is 0 Å². The second-order valence-electron chi connectivity index (χ2n) is 5.05. The fourth-order valence-electron chi connectivity index (χ4n) is 2.22. The van der Waals surface area contributed by atoms with Gasteiger partial charge in [-0.3, -0.25) is 9.20 Å². The molecular formula is C17H17N3OS. The zero-order valence-corrected chi connectivity index (χ0v) is 13.4. The first-order chi connectivity index (χ1) is 10.7. The molecule has 1 amide bonds. The SMILES string of the molecule is CC/C=C(\C)C(=O)Nc1ccc(-c2cn3ccsc3n2)cc1. The molecule has 3 rings (SSSR count). The average Bonchev–Trinajstić information content (AvgIpc) is 3.09. The van der Waals surface area contributed by atoms with E-state index in [1.54, 1.807) is 11.3 Å². The molecule has 0 fully saturated rings. The van der Waals surface area contributed by atoms with Gasteiger partial charge in [0.05, 0.1) is 5.69 Å². The summed E-state index contributed by atoms with van der Waals surface area (Å²) in [6.07, 6.45) is 6.78. The molecule has 0 spiro atoms. The number of nitrogens with one attached hydrogen (secondary N) is 1. The third kappa shape index (κ3) is 2.94. The Kier molecular flexibility index (Phi) is 4.06. The molecule has 22 heavy (non-hydrogen) atoms. The number of hydrogen-bond donors (Lipinski definition) is 1. The minimum absolute atomic E-state index is 0.0582. The first kappa shape index (κ1) is 14.5. The normalized spacial score (nSPS) is 11.8. The van der Waals surface area contributed by atoms with E-state index >= 15 is 0 Å².